The van der Waals surface area contributed by atoms with Crippen LogP contribution in [0.25, 0.3) is 0 Å². The van der Waals surface area contributed by atoms with Gasteiger partial charge in [0.15, 0.2) is 0 Å². The Morgan fingerprint density at radius 3 is 1.45 bits per heavy atom. The Morgan fingerprint density at radius 2 is 1.10 bits per heavy atom. The van der Waals surface area contributed by atoms with Crippen molar-refractivity contribution in [2.75, 3.05) is 52.6 Å². The van der Waals surface area contributed by atoms with Crippen LogP contribution in [0.15, 0.2) is 10.2 Å². The monoisotopic (exact) mass is 288 g/mol. The Hall–Kier alpha value is -1.62. The van der Waals surface area contributed by atoms with Gasteiger partial charge in [-0.2, -0.15) is 0 Å². The van der Waals surface area contributed by atoms with Crippen molar-refractivity contribution in [3.8, 4) is 0 Å². The number of hydrogen-bond acceptors (Lipinski definition) is 8. The number of ether oxygens (including phenoxy) is 2. The first-order valence-corrected chi connectivity index (χ1v) is 6.25. The largest absolute Gasteiger partial charge is 0.471 e. The van der Waals surface area contributed by atoms with Gasteiger partial charge in [0.05, 0.1) is 52.6 Å². The van der Waals surface area contributed by atoms with Crippen molar-refractivity contribution in [1.29, 1.82) is 0 Å². The summed E-state index contributed by atoms with van der Waals surface area (Å²) in [4.78, 5) is 32.3. The van der Waals surface area contributed by atoms with Gasteiger partial charge in [-0.15, -0.1) is 10.1 Å². The zero-order valence-corrected chi connectivity index (χ0v) is 10.9. The van der Waals surface area contributed by atoms with Crippen molar-refractivity contribution in [3.05, 3.63) is 0 Å². The van der Waals surface area contributed by atoms with Crippen LogP contribution in [0.4, 0.5) is 9.59 Å². The van der Waals surface area contributed by atoms with Crippen LogP contribution in [-0.2, 0) is 19.1 Å². The lowest BCUT2D eigenvalue weighted by atomic mass is 10.5. The molecule has 2 heterocycles. The maximum absolute atomic E-state index is 11.3. The number of amides is 2. The van der Waals surface area contributed by atoms with Crippen molar-refractivity contribution in [2.24, 2.45) is 10.2 Å². The summed E-state index contributed by atoms with van der Waals surface area (Å²) in [6.07, 6.45) is -1.93. The summed E-state index contributed by atoms with van der Waals surface area (Å²) in [5, 5.41) is 9.07. The molecule has 2 rings (SSSR count). The first-order chi connectivity index (χ1) is 9.74. The molecule has 2 aliphatic rings. The molecule has 0 aliphatic carbocycles. The van der Waals surface area contributed by atoms with Crippen LogP contribution in [0.3, 0.4) is 0 Å². The SMILES string of the molecule is O=C(N=NC(=O)ON1CCOCC1)ON1CCOCC1. The molecule has 0 aromatic heterocycles. The maximum Gasteiger partial charge on any atom is 0.471 e. The van der Waals surface area contributed by atoms with Crippen LogP contribution in [-0.4, -0.2) is 74.9 Å². The van der Waals surface area contributed by atoms with E-state index in [-0.39, 0.29) is 0 Å². The number of azo groups is 1. The Balaban J connectivity index is 1.67. The first-order valence-electron chi connectivity index (χ1n) is 6.25. The van der Waals surface area contributed by atoms with Gasteiger partial charge < -0.3 is 19.1 Å². The normalized spacial score (nSPS) is 21.8. The average Bonchev–Trinajstić information content (AvgIpc) is 2.47. The molecule has 0 aromatic carbocycles. The Bertz CT molecular complexity index is 331. The molecule has 10 nitrogen and oxygen atoms in total. The molecule has 0 saturated carbocycles. The van der Waals surface area contributed by atoms with E-state index in [4.69, 9.17) is 19.1 Å². The number of carbonyl (C=O) groups is 2. The van der Waals surface area contributed by atoms with E-state index >= 15 is 0 Å². The summed E-state index contributed by atoms with van der Waals surface area (Å²) in [5.74, 6) is 0. The second-order valence-corrected chi connectivity index (χ2v) is 4.00. The molecule has 0 bridgehead atoms. The molecule has 10 heteroatoms. The maximum atomic E-state index is 11.3. The van der Waals surface area contributed by atoms with E-state index in [1.807, 2.05) is 0 Å². The van der Waals surface area contributed by atoms with Crippen LogP contribution in [0.1, 0.15) is 0 Å². The first kappa shape index (κ1) is 14.8. The van der Waals surface area contributed by atoms with Gasteiger partial charge in [0.25, 0.3) is 0 Å². The van der Waals surface area contributed by atoms with Gasteiger partial charge in [-0.25, -0.2) is 9.59 Å². The van der Waals surface area contributed by atoms with Crippen molar-refractivity contribution in [1.82, 2.24) is 10.1 Å². The Labute approximate surface area is 115 Å². The molecule has 0 radical (unpaired) electrons. The molecule has 2 aliphatic heterocycles. The molecule has 112 valence electrons. The van der Waals surface area contributed by atoms with Gasteiger partial charge in [-0.05, 0) is 0 Å². The van der Waals surface area contributed by atoms with E-state index < -0.39 is 12.2 Å². The summed E-state index contributed by atoms with van der Waals surface area (Å²) in [5.41, 5.74) is 0. The smallest absolute Gasteiger partial charge is 0.379 e. The number of carbonyl (C=O) groups excluding carboxylic acids is 2. The molecular formula is C10H16N4O6. The molecular weight excluding hydrogens is 272 g/mol. The van der Waals surface area contributed by atoms with Crippen LogP contribution < -0.4 is 0 Å². The summed E-state index contributed by atoms with van der Waals surface area (Å²) >= 11 is 0. The highest BCUT2D eigenvalue weighted by molar-refractivity contribution is 5.72. The van der Waals surface area contributed by atoms with Gasteiger partial charge >= 0.3 is 12.2 Å². The molecule has 20 heavy (non-hydrogen) atoms. The molecule has 2 fully saturated rings. The number of hydrogen-bond donors (Lipinski definition) is 0. The molecule has 2 amide bonds. The molecule has 0 unspecified atom stereocenters. The zero-order chi connectivity index (χ0) is 14.2. The fraction of sp³-hybridized carbons (Fsp3) is 0.800. The Morgan fingerprint density at radius 1 is 0.750 bits per heavy atom. The van der Waals surface area contributed by atoms with E-state index in [0.29, 0.717) is 52.6 Å². The number of nitrogens with zero attached hydrogens (tertiary/aromatic N) is 4. The van der Waals surface area contributed by atoms with Crippen LogP contribution in [0.2, 0.25) is 0 Å². The second-order valence-electron chi connectivity index (χ2n) is 4.00. The van der Waals surface area contributed by atoms with Crippen LogP contribution >= 0.6 is 0 Å². The van der Waals surface area contributed by atoms with Gasteiger partial charge in [-0.1, -0.05) is 10.2 Å². The van der Waals surface area contributed by atoms with Gasteiger partial charge in [0.2, 0.25) is 0 Å². The summed E-state index contributed by atoms with van der Waals surface area (Å²) in [6, 6.07) is 0. The zero-order valence-electron chi connectivity index (χ0n) is 10.9. The lowest BCUT2D eigenvalue weighted by molar-refractivity contribution is -0.146. The highest BCUT2D eigenvalue weighted by Crippen LogP contribution is 2.02. The van der Waals surface area contributed by atoms with Crippen LogP contribution in [0.5, 0.6) is 0 Å². The van der Waals surface area contributed by atoms with Crippen molar-refractivity contribution in [3.63, 3.8) is 0 Å². The van der Waals surface area contributed by atoms with E-state index in [1.54, 1.807) is 0 Å². The van der Waals surface area contributed by atoms with E-state index in [2.05, 4.69) is 10.2 Å². The summed E-state index contributed by atoms with van der Waals surface area (Å²) in [6.45, 7) is 3.73. The van der Waals surface area contributed by atoms with Crippen molar-refractivity contribution < 1.29 is 28.7 Å². The third-order valence-corrected chi connectivity index (χ3v) is 2.57. The minimum atomic E-state index is -0.967. The summed E-state index contributed by atoms with van der Waals surface area (Å²) in [7, 11) is 0. The molecule has 0 atom stereocenters. The number of rotatable bonds is 2. The third-order valence-electron chi connectivity index (χ3n) is 2.57. The molecule has 0 N–H and O–H groups in total. The predicted octanol–water partition coefficient (Wildman–Crippen LogP) is 0.206. The van der Waals surface area contributed by atoms with Crippen molar-refractivity contribution >= 4 is 12.2 Å². The highest BCUT2D eigenvalue weighted by Gasteiger charge is 2.17. The molecule has 0 aromatic rings. The number of hydroxylamine groups is 4. The fourth-order valence-electron chi connectivity index (χ4n) is 1.61. The predicted molar refractivity (Wildman–Crippen MR) is 62.6 cm³/mol. The Kier molecular flexibility index (Phi) is 5.80. The van der Waals surface area contributed by atoms with E-state index in [0.717, 1.165) is 0 Å². The van der Waals surface area contributed by atoms with E-state index in [9.17, 15) is 9.59 Å². The third kappa shape index (κ3) is 5.17. The average molecular weight is 288 g/mol. The minimum Gasteiger partial charge on any atom is -0.379 e. The highest BCUT2D eigenvalue weighted by atomic mass is 16.7. The second kappa shape index (κ2) is 7.85. The quantitative estimate of drug-likeness (QED) is 0.664. The number of morpholine rings is 2. The fourth-order valence-corrected chi connectivity index (χ4v) is 1.61. The minimum absolute atomic E-state index is 0.458. The molecule has 0 spiro atoms. The van der Waals surface area contributed by atoms with Crippen LogP contribution in [0, 0.1) is 0 Å². The van der Waals surface area contributed by atoms with Gasteiger partial charge in [-0.3, -0.25) is 0 Å². The summed E-state index contributed by atoms with van der Waals surface area (Å²) < 4.78 is 10.2. The lowest BCUT2D eigenvalue weighted by Crippen LogP contribution is -2.37. The van der Waals surface area contributed by atoms with Gasteiger partial charge in [0, 0.05) is 0 Å². The van der Waals surface area contributed by atoms with Gasteiger partial charge in [0.1, 0.15) is 0 Å². The van der Waals surface area contributed by atoms with E-state index in [1.165, 1.54) is 10.1 Å². The molecule has 2 saturated heterocycles. The lowest BCUT2D eigenvalue weighted by Gasteiger charge is -2.24. The van der Waals surface area contributed by atoms with Crippen molar-refractivity contribution in [2.45, 2.75) is 0 Å². The standard InChI is InChI=1S/C10H16N4O6/c15-9(19-13-1-5-17-6-2-13)11-12-10(16)20-14-3-7-18-8-4-14/h1-8H2. The topological polar surface area (TPSA) is 102 Å².